The van der Waals surface area contributed by atoms with E-state index in [0.717, 1.165) is 0 Å². The van der Waals surface area contributed by atoms with E-state index in [1.54, 1.807) is 0 Å². The first kappa shape index (κ1) is 149. The van der Waals surface area contributed by atoms with Crippen molar-refractivity contribution in [3.63, 3.8) is 0 Å². The Morgan fingerprint density at radius 1 is 0.500 bits per heavy atom. The molecule has 0 aliphatic rings. The van der Waals surface area contributed by atoms with E-state index in [1.165, 1.54) is 0 Å². The van der Waals surface area contributed by atoms with E-state index < -0.39 is 0 Å². The zero-order valence-corrected chi connectivity index (χ0v) is 6.65. The molecule has 0 aromatic rings. The SMILES string of the molecule is [O-2].[O-2].[O-2].[O-2].[Ti+4].[Zr+4]. The molecule has 0 aromatic carbocycles. The Labute approximate surface area is 69.5 Å². The van der Waals surface area contributed by atoms with Crippen molar-refractivity contribution in [2.24, 2.45) is 0 Å². The van der Waals surface area contributed by atoms with Gasteiger partial charge < -0.3 is 21.9 Å². The van der Waals surface area contributed by atoms with Crippen LogP contribution < -0.4 is 0 Å². The van der Waals surface area contributed by atoms with Crippen molar-refractivity contribution < 1.29 is 69.8 Å². The van der Waals surface area contributed by atoms with Crippen molar-refractivity contribution in [1.29, 1.82) is 0 Å². The van der Waals surface area contributed by atoms with E-state index in [-0.39, 0.29) is 69.8 Å². The molecule has 0 fully saturated rings. The Bertz CT molecular complexity index is 7.51. The fraction of sp³-hybridized carbons (Fsp3) is 0. The van der Waals surface area contributed by atoms with E-state index >= 15 is 0 Å². The van der Waals surface area contributed by atoms with Gasteiger partial charge in [-0.3, -0.25) is 0 Å². The van der Waals surface area contributed by atoms with Crippen LogP contribution in [0.2, 0.25) is 0 Å². The average molecular weight is 203 g/mol. The van der Waals surface area contributed by atoms with Gasteiger partial charge in [-0.15, -0.1) is 0 Å². The van der Waals surface area contributed by atoms with Crippen molar-refractivity contribution in [3.8, 4) is 0 Å². The van der Waals surface area contributed by atoms with E-state index in [2.05, 4.69) is 0 Å². The van der Waals surface area contributed by atoms with Crippen molar-refractivity contribution in [3.05, 3.63) is 0 Å². The van der Waals surface area contributed by atoms with Gasteiger partial charge in [0.15, 0.2) is 0 Å². The van der Waals surface area contributed by atoms with Crippen molar-refractivity contribution in [1.82, 2.24) is 0 Å². The molecule has 0 aliphatic carbocycles. The summed E-state index contributed by atoms with van der Waals surface area (Å²) in [6.45, 7) is 0. The molecule has 0 heterocycles. The summed E-state index contributed by atoms with van der Waals surface area (Å²) in [6.07, 6.45) is 0. The van der Waals surface area contributed by atoms with Crippen molar-refractivity contribution in [2.75, 3.05) is 0 Å². The van der Waals surface area contributed by atoms with Crippen LogP contribution in [-0.2, 0) is 69.8 Å². The third-order valence-corrected chi connectivity index (χ3v) is 0. The van der Waals surface area contributed by atoms with Gasteiger partial charge in [0.2, 0.25) is 0 Å². The Balaban J connectivity index is 0. The molecular weight excluding hydrogens is 203 g/mol. The van der Waals surface area contributed by atoms with Gasteiger partial charge in [-0.05, 0) is 0 Å². The Hall–Kier alpha value is 1.44. The standard InChI is InChI=1S/4O.Ti.Zr/q4*-2;2*+4. The molecule has 4 nitrogen and oxygen atoms in total. The molecule has 0 unspecified atom stereocenters. The van der Waals surface area contributed by atoms with Crippen LogP contribution in [0.15, 0.2) is 0 Å². The minimum Gasteiger partial charge on any atom is -2.00 e. The summed E-state index contributed by atoms with van der Waals surface area (Å²) < 4.78 is 0. The Morgan fingerprint density at radius 3 is 0.500 bits per heavy atom. The molecular formula is O4TiZr. The first-order chi connectivity index (χ1) is 0. The van der Waals surface area contributed by atoms with Crippen LogP contribution in [0.25, 0.3) is 0 Å². The first-order valence-corrected chi connectivity index (χ1v) is 0. The summed E-state index contributed by atoms with van der Waals surface area (Å²) in [6, 6.07) is 0. The summed E-state index contributed by atoms with van der Waals surface area (Å²) in [4.78, 5) is 0. The van der Waals surface area contributed by atoms with Gasteiger partial charge in [-0.1, -0.05) is 0 Å². The van der Waals surface area contributed by atoms with Gasteiger partial charge in [0.25, 0.3) is 0 Å². The maximum atomic E-state index is 0. The summed E-state index contributed by atoms with van der Waals surface area (Å²) in [5.41, 5.74) is 0. The average Bonchev–Trinajstić information content (AvgIpc) is 0. The predicted octanol–water partition coefficient (Wildman–Crippen LogP) is -0.480. The third kappa shape index (κ3) is 51.8. The van der Waals surface area contributed by atoms with Crippen LogP contribution in [0.4, 0.5) is 0 Å². The molecule has 0 spiro atoms. The molecule has 0 bridgehead atoms. The van der Waals surface area contributed by atoms with Crippen LogP contribution in [0.1, 0.15) is 0 Å². The van der Waals surface area contributed by atoms with Crippen LogP contribution in [-0.4, -0.2) is 0 Å². The van der Waals surface area contributed by atoms with Gasteiger partial charge in [0.05, 0.1) is 0 Å². The van der Waals surface area contributed by atoms with Gasteiger partial charge in [0.1, 0.15) is 0 Å². The molecule has 0 rings (SSSR count). The van der Waals surface area contributed by atoms with E-state index in [4.69, 9.17) is 0 Å². The summed E-state index contributed by atoms with van der Waals surface area (Å²) in [5, 5.41) is 0. The third-order valence-electron chi connectivity index (χ3n) is 0. The topological polar surface area (TPSA) is 114 Å². The second-order valence-corrected chi connectivity index (χ2v) is 0. The first-order valence-electron chi connectivity index (χ1n) is 0. The number of hydrogen-bond acceptors (Lipinski definition) is 0. The van der Waals surface area contributed by atoms with Crippen LogP contribution in [0, 0.1) is 0 Å². The van der Waals surface area contributed by atoms with E-state index in [1.807, 2.05) is 0 Å². The Kier molecular flexibility index (Phi) is 2290. The molecule has 0 N–H and O–H groups in total. The molecule has 0 aliphatic heterocycles. The molecule has 0 saturated heterocycles. The second-order valence-electron chi connectivity index (χ2n) is 0. The minimum atomic E-state index is 0. The summed E-state index contributed by atoms with van der Waals surface area (Å²) >= 11 is 0. The van der Waals surface area contributed by atoms with E-state index in [0.29, 0.717) is 0 Å². The predicted molar refractivity (Wildman–Crippen MR) is 2.75 cm³/mol. The van der Waals surface area contributed by atoms with Crippen molar-refractivity contribution >= 4 is 0 Å². The zero-order valence-electron chi connectivity index (χ0n) is 2.63. The van der Waals surface area contributed by atoms with Crippen molar-refractivity contribution in [2.45, 2.75) is 0 Å². The number of hydrogen-bond donors (Lipinski definition) is 0. The van der Waals surface area contributed by atoms with Crippen LogP contribution in [0.5, 0.6) is 0 Å². The zero-order chi connectivity index (χ0) is 0. The maximum Gasteiger partial charge on any atom is 4.00 e. The number of rotatable bonds is 0. The monoisotopic (exact) mass is 202 g/mol. The van der Waals surface area contributed by atoms with Gasteiger partial charge in [0, 0.05) is 0 Å². The molecule has 32 valence electrons. The Morgan fingerprint density at radius 2 is 0.500 bits per heavy atom. The largest absolute Gasteiger partial charge is 4.00 e. The van der Waals surface area contributed by atoms with Gasteiger partial charge in [-0.2, -0.15) is 0 Å². The fourth-order valence-electron chi connectivity index (χ4n) is 0. The molecule has 0 amide bonds. The molecule has 6 heavy (non-hydrogen) atoms. The van der Waals surface area contributed by atoms with Crippen LogP contribution in [0.3, 0.4) is 0 Å². The molecule has 0 atom stereocenters. The fourth-order valence-corrected chi connectivity index (χ4v) is 0. The minimum absolute atomic E-state index is 0. The van der Waals surface area contributed by atoms with Gasteiger partial charge in [-0.25, -0.2) is 0 Å². The second kappa shape index (κ2) is 92.1. The van der Waals surface area contributed by atoms with E-state index in [9.17, 15) is 0 Å². The smallest absolute Gasteiger partial charge is 2.00 e. The molecule has 0 radical (unpaired) electrons. The van der Waals surface area contributed by atoms with Gasteiger partial charge >= 0.3 is 47.9 Å². The van der Waals surface area contributed by atoms with Crippen LogP contribution >= 0.6 is 0 Å². The molecule has 0 saturated carbocycles. The quantitative estimate of drug-likeness (QED) is 0.473. The molecule has 6 heteroatoms. The molecule has 0 aromatic heterocycles. The summed E-state index contributed by atoms with van der Waals surface area (Å²) in [7, 11) is 0. The normalized spacial score (nSPS) is 0. The summed E-state index contributed by atoms with van der Waals surface area (Å²) in [5.74, 6) is 0. The maximum absolute atomic E-state index is 0.